The molecule has 1 unspecified atom stereocenters. The van der Waals surface area contributed by atoms with Gasteiger partial charge in [0.25, 0.3) is 5.89 Å². The monoisotopic (exact) mass is 291 g/mol. The van der Waals surface area contributed by atoms with Crippen LogP contribution in [-0.4, -0.2) is 51.5 Å². The minimum atomic E-state index is -0.260. The Morgan fingerprint density at radius 2 is 2.10 bits per heavy atom. The molecular formula is C14H17N3O4. The molecule has 0 saturated carbocycles. The summed E-state index contributed by atoms with van der Waals surface area (Å²) in [6.45, 7) is 5.22. The van der Waals surface area contributed by atoms with Gasteiger partial charge in [-0.05, 0) is 18.7 Å². The van der Waals surface area contributed by atoms with E-state index in [2.05, 4.69) is 22.0 Å². The zero-order valence-electron chi connectivity index (χ0n) is 11.7. The molecule has 1 aromatic carbocycles. The summed E-state index contributed by atoms with van der Waals surface area (Å²) in [6.07, 6.45) is -0.260. The zero-order valence-corrected chi connectivity index (χ0v) is 11.7. The molecule has 1 aliphatic heterocycles. The average Bonchev–Trinajstić information content (AvgIpc) is 2.97. The summed E-state index contributed by atoms with van der Waals surface area (Å²) in [4.78, 5) is 6.48. The van der Waals surface area contributed by atoms with Gasteiger partial charge in [-0.25, -0.2) is 0 Å². The zero-order chi connectivity index (χ0) is 14.8. The van der Waals surface area contributed by atoms with Crippen molar-refractivity contribution in [2.75, 3.05) is 26.2 Å². The van der Waals surface area contributed by atoms with Crippen LogP contribution >= 0.6 is 0 Å². The molecule has 0 bridgehead atoms. The molecule has 112 valence electrons. The lowest BCUT2D eigenvalue weighted by Crippen LogP contribution is -2.38. The molecule has 7 heteroatoms. The molecule has 1 atom stereocenters. The second kappa shape index (κ2) is 5.71. The standard InChI is InChI=1S/C14H17N3O4/c1-2-17-6-7-20-11(8-17)13-15-14(21-16-13)12-9(18)4-3-5-10(12)19/h3-5,11,18-19H,2,6-8H2,1H3. The minimum Gasteiger partial charge on any atom is -0.507 e. The molecule has 0 aliphatic carbocycles. The highest BCUT2D eigenvalue weighted by Crippen LogP contribution is 2.36. The lowest BCUT2D eigenvalue weighted by atomic mass is 10.2. The Labute approximate surface area is 121 Å². The van der Waals surface area contributed by atoms with E-state index in [1.807, 2.05) is 0 Å². The summed E-state index contributed by atoms with van der Waals surface area (Å²) >= 11 is 0. The van der Waals surface area contributed by atoms with E-state index in [1.165, 1.54) is 18.2 Å². The van der Waals surface area contributed by atoms with Crippen molar-refractivity contribution in [2.45, 2.75) is 13.0 Å². The number of hydrogen-bond donors (Lipinski definition) is 2. The highest BCUT2D eigenvalue weighted by molar-refractivity contribution is 5.69. The first-order valence-electron chi connectivity index (χ1n) is 6.88. The van der Waals surface area contributed by atoms with Crippen LogP contribution < -0.4 is 0 Å². The van der Waals surface area contributed by atoms with Crippen molar-refractivity contribution in [3.8, 4) is 23.0 Å². The Morgan fingerprint density at radius 1 is 1.33 bits per heavy atom. The highest BCUT2D eigenvalue weighted by atomic mass is 16.5. The van der Waals surface area contributed by atoms with Crippen LogP contribution in [0.5, 0.6) is 11.5 Å². The van der Waals surface area contributed by atoms with E-state index in [4.69, 9.17) is 9.26 Å². The fourth-order valence-corrected chi connectivity index (χ4v) is 2.36. The summed E-state index contributed by atoms with van der Waals surface area (Å²) in [7, 11) is 0. The van der Waals surface area contributed by atoms with Crippen molar-refractivity contribution in [3.05, 3.63) is 24.0 Å². The van der Waals surface area contributed by atoms with Crippen LogP contribution in [0.1, 0.15) is 18.9 Å². The summed E-state index contributed by atoms with van der Waals surface area (Å²) < 4.78 is 10.8. The van der Waals surface area contributed by atoms with Crippen LogP contribution in [0, 0.1) is 0 Å². The lowest BCUT2D eigenvalue weighted by molar-refractivity contribution is -0.0334. The predicted octanol–water partition coefficient (Wildman–Crippen LogP) is 1.54. The molecule has 2 heterocycles. The quantitative estimate of drug-likeness (QED) is 0.886. The van der Waals surface area contributed by atoms with Gasteiger partial charge in [-0.1, -0.05) is 18.1 Å². The molecule has 1 saturated heterocycles. The van der Waals surface area contributed by atoms with Crippen LogP contribution in [-0.2, 0) is 4.74 Å². The van der Waals surface area contributed by atoms with Crippen LogP contribution in [0.25, 0.3) is 11.5 Å². The van der Waals surface area contributed by atoms with Gasteiger partial charge in [-0.15, -0.1) is 0 Å². The van der Waals surface area contributed by atoms with Crippen molar-refractivity contribution >= 4 is 0 Å². The number of benzene rings is 1. The first kappa shape index (κ1) is 13.8. The third kappa shape index (κ3) is 2.70. The number of likely N-dealkylation sites (N-methyl/N-ethyl adjacent to an activating group) is 1. The van der Waals surface area contributed by atoms with Crippen LogP contribution in [0.3, 0.4) is 0 Å². The normalized spacial score (nSPS) is 19.8. The van der Waals surface area contributed by atoms with E-state index < -0.39 is 0 Å². The van der Waals surface area contributed by atoms with Crippen molar-refractivity contribution in [1.82, 2.24) is 15.0 Å². The van der Waals surface area contributed by atoms with Crippen molar-refractivity contribution in [1.29, 1.82) is 0 Å². The molecule has 0 spiro atoms. The average molecular weight is 291 g/mol. The number of phenols is 2. The van der Waals surface area contributed by atoms with Crippen molar-refractivity contribution in [3.63, 3.8) is 0 Å². The van der Waals surface area contributed by atoms with Crippen LogP contribution in [0.15, 0.2) is 22.7 Å². The second-order valence-electron chi connectivity index (χ2n) is 4.88. The van der Waals surface area contributed by atoms with E-state index in [1.54, 1.807) is 0 Å². The Hall–Kier alpha value is -2.12. The van der Waals surface area contributed by atoms with Gasteiger partial charge in [0.05, 0.1) is 6.61 Å². The molecule has 1 fully saturated rings. The maximum Gasteiger partial charge on any atom is 0.265 e. The smallest absolute Gasteiger partial charge is 0.265 e. The number of phenolic OH excluding ortho intramolecular Hbond substituents is 2. The van der Waals surface area contributed by atoms with E-state index in [0.29, 0.717) is 19.0 Å². The molecule has 0 amide bonds. The maximum atomic E-state index is 9.82. The molecule has 1 aromatic heterocycles. The largest absolute Gasteiger partial charge is 0.507 e. The fourth-order valence-electron chi connectivity index (χ4n) is 2.36. The second-order valence-corrected chi connectivity index (χ2v) is 4.88. The molecule has 0 radical (unpaired) electrons. The van der Waals surface area contributed by atoms with Gasteiger partial charge in [0.1, 0.15) is 23.2 Å². The third-order valence-corrected chi connectivity index (χ3v) is 3.56. The molecule has 2 N–H and O–H groups in total. The summed E-state index contributed by atoms with van der Waals surface area (Å²) in [5.41, 5.74) is 0.138. The van der Waals surface area contributed by atoms with Gasteiger partial charge in [-0.2, -0.15) is 4.98 Å². The number of rotatable bonds is 3. The maximum absolute atomic E-state index is 9.82. The molecule has 1 aliphatic rings. The molecule has 7 nitrogen and oxygen atoms in total. The first-order valence-corrected chi connectivity index (χ1v) is 6.88. The van der Waals surface area contributed by atoms with Gasteiger partial charge in [0.15, 0.2) is 0 Å². The lowest BCUT2D eigenvalue weighted by Gasteiger charge is -2.30. The van der Waals surface area contributed by atoms with Crippen LogP contribution in [0.2, 0.25) is 0 Å². The summed E-state index contributed by atoms with van der Waals surface area (Å²) in [5, 5.41) is 23.5. The Kier molecular flexibility index (Phi) is 3.76. The van der Waals surface area contributed by atoms with Crippen molar-refractivity contribution in [2.24, 2.45) is 0 Å². The molecule has 3 rings (SSSR count). The molecular weight excluding hydrogens is 274 g/mol. The van der Waals surface area contributed by atoms with Gasteiger partial charge in [0, 0.05) is 13.1 Å². The third-order valence-electron chi connectivity index (χ3n) is 3.56. The Morgan fingerprint density at radius 3 is 2.81 bits per heavy atom. The number of aromatic hydroxyl groups is 2. The Balaban J connectivity index is 1.86. The van der Waals surface area contributed by atoms with Gasteiger partial charge in [-0.3, -0.25) is 4.90 Å². The summed E-state index contributed by atoms with van der Waals surface area (Å²) in [6, 6.07) is 4.44. The van der Waals surface area contributed by atoms with Crippen LogP contribution in [0.4, 0.5) is 0 Å². The van der Waals surface area contributed by atoms with E-state index >= 15 is 0 Å². The first-order chi connectivity index (χ1) is 10.2. The number of morpholine rings is 1. The number of hydrogen-bond acceptors (Lipinski definition) is 7. The Bertz CT molecular complexity index is 608. The van der Waals surface area contributed by atoms with Crippen molar-refractivity contribution < 1.29 is 19.5 Å². The van der Waals surface area contributed by atoms with E-state index in [0.717, 1.165) is 13.1 Å². The molecule has 2 aromatic rings. The number of nitrogens with zero attached hydrogens (tertiary/aromatic N) is 3. The van der Waals surface area contributed by atoms with Gasteiger partial charge in [0.2, 0.25) is 5.82 Å². The van der Waals surface area contributed by atoms with E-state index in [9.17, 15) is 10.2 Å². The topological polar surface area (TPSA) is 91.9 Å². The number of aromatic nitrogens is 2. The van der Waals surface area contributed by atoms with Gasteiger partial charge >= 0.3 is 0 Å². The SMILES string of the molecule is CCN1CCOC(c2noc(-c3c(O)cccc3O)n2)C1. The minimum absolute atomic E-state index is 0.0813. The summed E-state index contributed by atoms with van der Waals surface area (Å²) in [5.74, 6) is 0.290. The predicted molar refractivity (Wildman–Crippen MR) is 73.9 cm³/mol. The number of ether oxygens (including phenoxy) is 1. The molecule has 21 heavy (non-hydrogen) atoms. The fraction of sp³-hybridized carbons (Fsp3) is 0.429. The van der Waals surface area contributed by atoms with Gasteiger partial charge < -0.3 is 19.5 Å². The van der Waals surface area contributed by atoms with E-state index in [-0.39, 0.29) is 29.1 Å². The highest BCUT2D eigenvalue weighted by Gasteiger charge is 2.26.